The van der Waals surface area contributed by atoms with E-state index in [4.69, 9.17) is 11.6 Å². The second-order valence-corrected chi connectivity index (χ2v) is 5.78. The summed E-state index contributed by atoms with van der Waals surface area (Å²) in [5.74, 6) is 0. The molecule has 0 bridgehead atoms. The van der Waals surface area contributed by atoms with Gasteiger partial charge in [0.05, 0.1) is 14.9 Å². The first-order valence-corrected chi connectivity index (χ1v) is 5.99. The molecule has 0 saturated heterocycles. The van der Waals surface area contributed by atoms with E-state index < -0.39 is 15.3 Å². The maximum absolute atomic E-state index is 11.3. The highest BCUT2D eigenvalue weighted by atomic mass is 35.5. The lowest BCUT2D eigenvalue weighted by molar-refractivity contribution is -0.396. The lowest BCUT2D eigenvalue weighted by atomic mass is 9.82. The van der Waals surface area contributed by atoms with Crippen molar-refractivity contribution in [3.8, 4) is 0 Å². The number of nitro groups is 2. The van der Waals surface area contributed by atoms with Gasteiger partial charge in [0, 0.05) is 16.5 Å². The third-order valence-corrected chi connectivity index (χ3v) is 3.52. The normalized spacial score (nSPS) is 11.5. The number of benzene rings is 1. The lowest BCUT2D eigenvalue weighted by Crippen LogP contribution is -2.18. The van der Waals surface area contributed by atoms with E-state index in [9.17, 15) is 20.2 Å². The Kier molecular flexibility index (Phi) is 3.86. The summed E-state index contributed by atoms with van der Waals surface area (Å²) in [5, 5.41) is 22.6. The van der Waals surface area contributed by atoms with Gasteiger partial charge in [0.15, 0.2) is 0 Å². The van der Waals surface area contributed by atoms with Crippen LogP contribution in [0.15, 0.2) is 0 Å². The predicted octanol–water partition coefficient (Wildman–Crippen LogP) is 4.07. The van der Waals surface area contributed by atoms with Gasteiger partial charge >= 0.3 is 0 Å². The SMILES string of the molecule is Cc1c(Cl)c(C)c([N+](=O)[O-])c(C(C)(C)C)c1[N+](=O)[O-]. The Morgan fingerprint density at radius 1 is 0.947 bits per heavy atom. The monoisotopic (exact) mass is 286 g/mol. The van der Waals surface area contributed by atoms with Gasteiger partial charge in [-0.05, 0) is 13.8 Å². The Balaban J connectivity index is 4.03. The summed E-state index contributed by atoms with van der Waals surface area (Å²) in [6.07, 6.45) is 0. The van der Waals surface area contributed by atoms with Crippen LogP contribution in [0.25, 0.3) is 0 Å². The summed E-state index contributed by atoms with van der Waals surface area (Å²) in [6, 6.07) is 0. The van der Waals surface area contributed by atoms with Crippen LogP contribution in [0, 0.1) is 34.1 Å². The summed E-state index contributed by atoms with van der Waals surface area (Å²) in [6.45, 7) is 8.12. The molecule has 0 heterocycles. The molecule has 0 aliphatic rings. The van der Waals surface area contributed by atoms with Crippen molar-refractivity contribution in [3.05, 3.63) is 41.9 Å². The van der Waals surface area contributed by atoms with Crippen molar-refractivity contribution in [1.29, 1.82) is 0 Å². The zero-order valence-corrected chi connectivity index (χ0v) is 12.2. The van der Waals surface area contributed by atoms with Crippen LogP contribution in [-0.4, -0.2) is 9.85 Å². The van der Waals surface area contributed by atoms with Crippen molar-refractivity contribution in [2.75, 3.05) is 0 Å². The molecule has 0 aliphatic carbocycles. The van der Waals surface area contributed by atoms with Gasteiger partial charge in [0.2, 0.25) is 0 Å². The molecule has 0 atom stereocenters. The number of halogens is 1. The molecule has 1 aromatic rings. The van der Waals surface area contributed by atoms with Gasteiger partial charge in [-0.3, -0.25) is 20.2 Å². The van der Waals surface area contributed by atoms with Crippen LogP contribution >= 0.6 is 11.6 Å². The van der Waals surface area contributed by atoms with Crippen molar-refractivity contribution < 1.29 is 9.85 Å². The van der Waals surface area contributed by atoms with Crippen LogP contribution in [-0.2, 0) is 5.41 Å². The van der Waals surface area contributed by atoms with Crippen LogP contribution < -0.4 is 0 Å². The van der Waals surface area contributed by atoms with Gasteiger partial charge in [0.25, 0.3) is 11.4 Å². The first kappa shape index (κ1) is 15.4. The average molecular weight is 287 g/mol. The molecule has 1 aromatic carbocycles. The summed E-state index contributed by atoms with van der Waals surface area (Å²) < 4.78 is 0. The van der Waals surface area contributed by atoms with Crippen LogP contribution in [0.1, 0.15) is 37.5 Å². The van der Waals surface area contributed by atoms with Crippen molar-refractivity contribution >= 4 is 23.0 Å². The van der Waals surface area contributed by atoms with E-state index in [2.05, 4.69) is 0 Å². The number of hydrogen-bond donors (Lipinski definition) is 0. The van der Waals surface area contributed by atoms with Crippen LogP contribution in [0.2, 0.25) is 5.02 Å². The Hall–Kier alpha value is -1.69. The molecular weight excluding hydrogens is 272 g/mol. The summed E-state index contributed by atoms with van der Waals surface area (Å²) in [5.41, 5.74) is -0.629. The molecule has 0 amide bonds. The Labute approximate surface area is 115 Å². The maximum atomic E-state index is 11.3. The van der Waals surface area contributed by atoms with E-state index in [-0.39, 0.29) is 33.1 Å². The van der Waals surface area contributed by atoms with Crippen molar-refractivity contribution in [2.45, 2.75) is 40.0 Å². The number of rotatable bonds is 2. The first-order valence-electron chi connectivity index (χ1n) is 5.62. The molecule has 104 valence electrons. The molecule has 1 rings (SSSR count). The molecule has 19 heavy (non-hydrogen) atoms. The molecule has 6 nitrogen and oxygen atoms in total. The van der Waals surface area contributed by atoms with E-state index in [0.717, 1.165) is 0 Å². The largest absolute Gasteiger partial charge is 0.284 e. The third-order valence-electron chi connectivity index (χ3n) is 2.96. The second-order valence-electron chi connectivity index (χ2n) is 5.40. The molecule has 0 unspecified atom stereocenters. The minimum Gasteiger partial charge on any atom is -0.258 e. The second kappa shape index (κ2) is 4.77. The first-order chi connectivity index (χ1) is 8.50. The van der Waals surface area contributed by atoms with Crippen LogP contribution in [0.4, 0.5) is 11.4 Å². The number of nitro benzene ring substituents is 2. The Morgan fingerprint density at radius 2 is 1.26 bits per heavy atom. The van der Waals surface area contributed by atoms with Crippen LogP contribution in [0.3, 0.4) is 0 Å². The quantitative estimate of drug-likeness (QED) is 0.605. The topological polar surface area (TPSA) is 86.3 Å². The lowest BCUT2D eigenvalue weighted by Gasteiger charge is -2.21. The smallest absolute Gasteiger partial charge is 0.258 e. The minimum atomic E-state index is -0.731. The van der Waals surface area contributed by atoms with Crippen molar-refractivity contribution in [2.24, 2.45) is 0 Å². The highest BCUT2D eigenvalue weighted by Gasteiger charge is 2.38. The van der Waals surface area contributed by atoms with Gasteiger partial charge in [-0.25, -0.2) is 0 Å². The van der Waals surface area contributed by atoms with Crippen LogP contribution in [0.5, 0.6) is 0 Å². The van der Waals surface area contributed by atoms with Gasteiger partial charge < -0.3 is 0 Å². The van der Waals surface area contributed by atoms with E-state index in [1.807, 2.05) is 0 Å². The van der Waals surface area contributed by atoms with E-state index >= 15 is 0 Å². The Morgan fingerprint density at radius 3 is 1.47 bits per heavy atom. The molecule has 0 aromatic heterocycles. The van der Waals surface area contributed by atoms with E-state index in [0.29, 0.717) is 0 Å². The summed E-state index contributed by atoms with van der Waals surface area (Å²) in [7, 11) is 0. The van der Waals surface area contributed by atoms with E-state index in [1.165, 1.54) is 13.8 Å². The van der Waals surface area contributed by atoms with Crippen molar-refractivity contribution in [1.82, 2.24) is 0 Å². The van der Waals surface area contributed by atoms with Gasteiger partial charge in [-0.15, -0.1) is 0 Å². The van der Waals surface area contributed by atoms with Gasteiger partial charge in [0.1, 0.15) is 5.56 Å². The van der Waals surface area contributed by atoms with Crippen molar-refractivity contribution in [3.63, 3.8) is 0 Å². The minimum absolute atomic E-state index is 0.0754. The van der Waals surface area contributed by atoms with Gasteiger partial charge in [-0.2, -0.15) is 0 Å². The molecule has 0 N–H and O–H groups in total. The fourth-order valence-electron chi connectivity index (χ4n) is 2.14. The summed E-state index contributed by atoms with van der Waals surface area (Å²) in [4.78, 5) is 21.3. The summed E-state index contributed by atoms with van der Waals surface area (Å²) >= 11 is 5.99. The maximum Gasteiger partial charge on any atom is 0.284 e. The fraction of sp³-hybridized carbons (Fsp3) is 0.500. The van der Waals surface area contributed by atoms with E-state index in [1.54, 1.807) is 20.8 Å². The average Bonchev–Trinajstić information content (AvgIpc) is 2.22. The molecule has 0 radical (unpaired) electrons. The molecule has 7 heteroatoms. The molecule has 0 saturated carbocycles. The fourth-order valence-corrected chi connectivity index (χ4v) is 2.32. The number of hydrogen-bond acceptors (Lipinski definition) is 4. The number of nitrogens with zero attached hydrogens (tertiary/aromatic N) is 2. The zero-order chi connectivity index (χ0) is 15.1. The molecule has 0 aliphatic heterocycles. The molecule has 0 spiro atoms. The standard InChI is InChI=1S/C12H15ClN2O4/c1-6-9(13)7(2)11(15(18)19)8(12(3,4)5)10(6)14(16)17/h1-5H3. The predicted molar refractivity (Wildman–Crippen MR) is 72.9 cm³/mol. The highest BCUT2D eigenvalue weighted by molar-refractivity contribution is 6.32. The van der Waals surface area contributed by atoms with Gasteiger partial charge in [-0.1, -0.05) is 32.4 Å². The third kappa shape index (κ3) is 2.53. The molecule has 0 fully saturated rings. The highest BCUT2D eigenvalue weighted by Crippen LogP contribution is 2.45. The Bertz CT molecular complexity index is 535. The zero-order valence-electron chi connectivity index (χ0n) is 11.4. The molecular formula is C12H15ClN2O4.